The molecule has 4 rings (SSSR count). The van der Waals surface area contributed by atoms with Crippen molar-refractivity contribution in [2.75, 3.05) is 11.9 Å². The van der Waals surface area contributed by atoms with E-state index in [0.29, 0.717) is 13.1 Å². The van der Waals surface area contributed by atoms with Crippen molar-refractivity contribution in [1.29, 1.82) is 0 Å². The summed E-state index contributed by atoms with van der Waals surface area (Å²) < 4.78 is 7.99. The summed E-state index contributed by atoms with van der Waals surface area (Å²) in [4.78, 5) is 19.1. The molecule has 6 heteroatoms. The summed E-state index contributed by atoms with van der Waals surface area (Å²) in [6, 6.07) is 25.2. The van der Waals surface area contributed by atoms with E-state index in [0.717, 1.165) is 41.3 Å². The summed E-state index contributed by atoms with van der Waals surface area (Å²) in [7, 11) is 0. The van der Waals surface area contributed by atoms with Gasteiger partial charge in [0, 0.05) is 37.7 Å². The molecule has 0 atom stereocenters. The summed E-state index contributed by atoms with van der Waals surface area (Å²) in [6.45, 7) is 3.88. The smallest absolute Gasteiger partial charge is 0.322 e. The minimum atomic E-state index is -0.121. The van der Waals surface area contributed by atoms with Gasteiger partial charge in [0.15, 0.2) is 0 Å². The van der Waals surface area contributed by atoms with Crippen LogP contribution in [0.5, 0.6) is 11.5 Å². The van der Waals surface area contributed by atoms with Crippen LogP contribution in [0.3, 0.4) is 0 Å². The van der Waals surface area contributed by atoms with Crippen molar-refractivity contribution < 1.29 is 9.53 Å². The van der Waals surface area contributed by atoms with E-state index in [4.69, 9.17) is 4.74 Å². The minimum Gasteiger partial charge on any atom is -0.457 e. The molecular formula is C27H28N4O2. The number of rotatable bonds is 9. The Bertz CT molecular complexity index is 1160. The number of nitrogens with one attached hydrogen (secondary N) is 1. The second kappa shape index (κ2) is 11.0. The van der Waals surface area contributed by atoms with Gasteiger partial charge in [-0.2, -0.15) is 0 Å². The Kier molecular flexibility index (Phi) is 7.38. The quantitative estimate of drug-likeness (QED) is 0.342. The molecule has 0 bridgehead atoms. The van der Waals surface area contributed by atoms with Crippen LogP contribution in [-0.2, 0) is 13.1 Å². The molecule has 168 valence electrons. The van der Waals surface area contributed by atoms with Crippen LogP contribution in [0.2, 0.25) is 0 Å². The van der Waals surface area contributed by atoms with E-state index in [1.165, 1.54) is 0 Å². The second-order valence-electron chi connectivity index (χ2n) is 7.88. The van der Waals surface area contributed by atoms with Crippen LogP contribution in [0.15, 0.2) is 97.6 Å². The molecule has 0 aliphatic heterocycles. The Morgan fingerprint density at radius 1 is 1.00 bits per heavy atom. The summed E-state index contributed by atoms with van der Waals surface area (Å²) in [5.74, 6) is 1.53. The first-order valence-corrected chi connectivity index (χ1v) is 11.1. The molecule has 2 amide bonds. The topological polar surface area (TPSA) is 59.4 Å². The largest absolute Gasteiger partial charge is 0.457 e. The first-order chi connectivity index (χ1) is 16.2. The molecule has 0 fully saturated rings. The van der Waals surface area contributed by atoms with Crippen LogP contribution >= 0.6 is 0 Å². The fraction of sp³-hybridized carbons (Fsp3) is 0.185. The Balaban J connectivity index is 1.46. The Hall–Kier alpha value is -4.06. The van der Waals surface area contributed by atoms with E-state index in [1.54, 1.807) is 12.5 Å². The zero-order valence-electron chi connectivity index (χ0n) is 18.7. The van der Waals surface area contributed by atoms with Crippen molar-refractivity contribution >= 4 is 11.7 Å². The highest BCUT2D eigenvalue weighted by molar-refractivity contribution is 5.90. The van der Waals surface area contributed by atoms with Gasteiger partial charge in [-0.3, -0.25) is 0 Å². The van der Waals surface area contributed by atoms with Gasteiger partial charge in [0.2, 0.25) is 0 Å². The van der Waals surface area contributed by atoms with E-state index in [-0.39, 0.29) is 6.03 Å². The maximum atomic E-state index is 13.2. The molecule has 33 heavy (non-hydrogen) atoms. The SMILES string of the molecule is Cc1ccccc1NC(=O)N(CCCn1ccnc1)Cc1cccc(Oc2ccccc2)c1. The number of ether oxygens (including phenoxy) is 1. The van der Waals surface area contributed by atoms with Crippen LogP contribution < -0.4 is 10.1 Å². The van der Waals surface area contributed by atoms with Gasteiger partial charge < -0.3 is 19.5 Å². The van der Waals surface area contributed by atoms with Gasteiger partial charge in [0.25, 0.3) is 0 Å². The highest BCUT2D eigenvalue weighted by atomic mass is 16.5. The Morgan fingerprint density at radius 2 is 1.79 bits per heavy atom. The molecule has 0 saturated carbocycles. The monoisotopic (exact) mass is 440 g/mol. The molecule has 1 N–H and O–H groups in total. The lowest BCUT2D eigenvalue weighted by atomic mass is 10.2. The fourth-order valence-electron chi connectivity index (χ4n) is 3.58. The van der Waals surface area contributed by atoms with E-state index < -0.39 is 0 Å². The van der Waals surface area contributed by atoms with Gasteiger partial charge >= 0.3 is 6.03 Å². The van der Waals surface area contributed by atoms with Crippen molar-refractivity contribution in [1.82, 2.24) is 14.5 Å². The first-order valence-electron chi connectivity index (χ1n) is 11.1. The minimum absolute atomic E-state index is 0.121. The van der Waals surface area contributed by atoms with E-state index in [1.807, 2.05) is 101 Å². The van der Waals surface area contributed by atoms with E-state index in [9.17, 15) is 4.79 Å². The highest BCUT2D eigenvalue weighted by Gasteiger charge is 2.15. The van der Waals surface area contributed by atoms with Crippen LogP contribution in [0.4, 0.5) is 10.5 Å². The van der Waals surface area contributed by atoms with Gasteiger partial charge in [0.05, 0.1) is 6.33 Å². The summed E-state index contributed by atoms with van der Waals surface area (Å²) in [5.41, 5.74) is 2.86. The number of nitrogens with zero attached hydrogens (tertiary/aromatic N) is 3. The molecule has 3 aromatic carbocycles. The zero-order valence-corrected chi connectivity index (χ0v) is 18.7. The summed E-state index contributed by atoms with van der Waals surface area (Å²) in [6.07, 6.45) is 6.31. The van der Waals surface area contributed by atoms with Crippen LogP contribution in [0, 0.1) is 6.92 Å². The molecular weight excluding hydrogens is 412 g/mol. The number of aryl methyl sites for hydroxylation is 2. The van der Waals surface area contributed by atoms with Crippen LogP contribution in [-0.4, -0.2) is 27.0 Å². The van der Waals surface area contributed by atoms with Crippen molar-refractivity contribution in [3.05, 3.63) is 109 Å². The van der Waals surface area contributed by atoms with Gasteiger partial charge in [0.1, 0.15) is 11.5 Å². The molecule has 0 spiro atoms. The highest BCUT2D eigenvalue weighted by Crippen LogP contribution is 2.23. The number of carbonyl (C=O) groups excluding carboxylic acids is 1. The molecule has 4 aromatic rings. The average Bonchev–Trinajstić information content (AvgIpc) is 3.34. The molecule has 0 aliphatic carbocycles. The molecule has 0 aliphatic rings. The number of aromatic nitrogens is 2. The predicted molar refractivity (Wildman–Crippen MR) is 130 cm³/mol. The predicted octanol–water partition coefficient (Wildman–Crippen LogP) is 6.11. The van der Waals surface area contributed by atoms with Crippen molar-refractivity contribution in [2.24, 2.45) is 0 Å². The zero-order chi connectivity index (χ0) is 22.9. The van der Waals surface area contributed by atoms with Gasteiger partial charge in [-0.1, -0.05) is 48.5 Å². The Labute approximate surface area is 194 Å². The number of benzene rings is 3. The maximum Gasteiger partial charge on any atom is 0.322 e. The van der Waals surface area contributed by atoms with E-state index >= 15 is 0 Å². The molecule has 1 heterocycles. The number of amides is 2. The number of carbonyl (C=O) groups is 1. The maximum absolute atomic E-state index is 13.2. The molecule has 1 aromatic heterocycles. The second-order valence-corrected chi connectivity index (χ2v) is 7.88. The van der Waals surface area contributed by atoms with Gasteiger partial charge in [-0.25, -0.2) is 9.78 Å². The van der Waals surface area contributed by atoms with E-state index in [2.05, 4.69) is 10.3 Å². The number of imidazole rings is 1. The lowest BCUT2D eigenvalue weighted by Gasteiger charge is -2.24. The Morgan fingerprint density at radius 3 is 2.58 bits per heavy atom. The molecule has 0 radical (unpaired) electrons. The van der Waals surface area contributed by atoms with Crippen molar-refractivity contribution in [3.8, 4) is 11.5 Å². The van der Waals surface area contributed by atoms with Crippen LogP contribution in [0.1, 0.15) is 17.5 Å². The van der Waals surface area contributed by atoms with Crippen molar-refractivity contribution in [2.45, 2.75) is 26.4 Å². The van der Waals surface area contributed by atoms with Crippen molar-refractivity contribution in [3.63, 3.8) is 0 Å². The third kappa shape index (κ3) is 6.46. The number of hydrogen-bond donors (Lipinski definition) is 1. The molecule has 0 unspecified atom stereocenters. The lowest BCUT2D eigenvalue weighted by molar-refractivity contribution is 0.207. The van der Waals surface area contributed by atoms with Crippen LogP contribution in [0.25, 0.3) is 0 Å². The average molecular weight is 441 g/mol. The number of urea groups is 1. The summed E-state index contributed by atoms with van der Waals surface area (Å²) in [5, 5.41) is 3.07. The number of para-hydroxylation sites is 2. The number of hydrogen-bond acceptors (Lipinski definition) is 3. The standard InChI is InChI=1S/C27H28N4O2/c1-22-9-5-6-14-26(22)29-27(32)31(17-8-16-30-18-15-28-21-30)20-23-10-7-13-25(19-23)33-24-11-3-2-4-12-24/h2-7,9-15,18-19,21H,8,16-17,20H2,1H3,(H,29,32). The lowest BCUT2D eigenvalue weighted by Crippen LogP contribution is -2.35. The normalized spacial score (nSPS) is 10.6. The molecule has 0 saturated heterocycles. The third-order valence-electron chi connectivity index (χ3n) is 5.33. The molecule has 6 nitrogen and oxygen atoms in total. The van der Waals surface area contributed by atoms with Gasteiger partial charge in [-0.15, -0.1) is 0 Å². The third-order valence-corrected chi connectivity index (χ3v) is 5.33. The summed E-state index contributed by atoms with van der Waals surface area (Å²) >= 11 is 0. The first kappa shape index (κ1) is 22.1. The fourth-order valence-corrected chi connectivity index (χ4v) is 3.58. The number of anilines is 1. The van der Waals surface area contributed by atoms with Gasteiger partial charge in [-0.05, 0) is 54.8 Å².